The fraction of sp³-hybridized carbons (Fsp3) is 0.0500. The van der Waals surface area contributed by atoms with E-state index in [0.29, 0.717) is 22.7 Å². The second-order valence-electron chi connectivity index (χ2n) is 6.16. The molecule has 2 N–H and O–H groups in total. The van der Waals surface area contributed by atoms with E-state index in [-0.39, 0.29) is 23.3 Å². The predicted octanol–water partition coefficient (Wildman–Crippen LogP) is 3.61. The quantitative estimate of drug-likeness (QED) is 0.665. The van der Waals surface area contributed by atoms with E-state index in [4.69, 9.17) is 9.47 Å². The Bertz CT molecular complexity index is 1160. The Morgan fingerprint density at radius 2 is 1.52 bits per heavy atom. The maximum atomic E-state index is 13.0. The van der Waals surface area contributed by atoms with Crippen LogP contribution in [-0.2, 0) is 10.0 Å². The number of hydrogen-bond donors (Lipinski definition) is 2. The van der Waals surface area contributed by atoms with Gasteiger partial charge in [0, 0.05) is 23.0 Å². The van der Waals surface area contributed by atoms with E-state index in [9.17, 15) is 17.6 Å². The normalized spacial score (nSPS) is 12.4. The van der Waals surface area contributed by atoms with Crippen molar-refractivity contribution < 1.29 is 27.1 Å². The van der Waals surface area contributed by atoms with Crippen LogP contribution in [0.4, 0.5) is 15.8 Å². The van der Waals surface area contributed by atoms with Crippen molar-refractivity contribution >= 4 is 27.3 Å². The average molecular weight is 414 g/mol. The molecule has 1 aliphatic heterocycles. The molecule has 4 rings (SSSR count). The van der Waals surface area contributed by atoms with Crippen LogP contribution in [0.2, 0.25) is 0 Å². The molecule has 1 amide bonds. The van der Waals surface area contributed by atoms with Gasteiger partial charge in [-0.25, -0.2) is 12.8 Å². The first-order valence-electron chi connectivity index (χ1n) is 8.50. The van der Waals surface area contributed by atoms with Crippen LogP contribution < -0.4 is 19.5 Å². The molecule has 0 bridgehead atoms. The molecule has 1 heterocycles. The maximum absolute atomic E-state index is 13.0. The average Bonchev–Trinajstić information content (AvgIpc) is 3.16. The first-order valence-corrected chi connectivity index (χ1v) is 9.98. The van der Waals surface area contributed by atoms with Gasteiger partial charge in [0.25, 0.3) is 15.9 Å². The van der Waals surface area contributed by atoms with Crippen LogP contribution in [0.15, 0.2) is 71.6 Å². The highest BCUT2D eigenvalue weighted by atomic mass is 32.2. The van der Waals surface area contributed by atoms with E-state index in [1.165, 1.54) is 36.4 Å². The number of benzene rings is 3. The third-order valence-electron chi connectivity index (χ3n) is 4.15. The topological polar surface area (TPSA) is 93.7 Å². The summed E-state index contributed by atoms with van der Waals surface area (Å²) in [7, 11) is -3.86. The third-order valence-corrected chi connectivity index (χ3v) is 5.55. The molecule has 0 fully saturated rings. The molecule has 148 valence electrons. The van der Waals surface area contributed by atoms with Gasteiger partial charge in [-0.3, -0.25) is 9.52 Å². The summed E-state index contributed by atoms with van der Waals surface area (Å²) in [5, 5.41) is 2.74. The van der Waals surface area contributed by atoms with Gasteiger partial charge in [-0.05, 0) is 60.7 Å². The highest BCUT2D eigenvalue weighted by Crippen LogP contribution is 2.34. The van der Waals surface area contributed by atoms with E-state index in [0.717, 1.165) is 12.1 Å². The van der Waals surface area contributed by atoms with E-state index in [1.807, 2.05) is 0 Å². The summed E-state index contributed by atoms with van der Waals surface area (Å²) in [6.07, 6.45) is 0. The van der Waals surface area contributed by atoms with Crippen LogP contribution in [0.3, 0.4) is 0 Å². The number of rotatable bonds is 5. The Morgan fingerprint density at radius 3 is 2.24 bits per heavy atom. The summed E-state index contributed by atoms with van der Waals surface area (Å²) in [4.78, 5) is 12.3. The zero-order valence-electron chi connectivity index (χ0n) is 14.9. The number of anilines is 2. The molecule has 0 aliphatic carbocycles. The van der Waals surface area contributed by atoms with Crippen LogP contribution in [-0.4, -0.2) is 21.1 Å². The molecule has 29 heavy (non-hydrogen) atoms. The van der Waals surface area contributed by atoms with Crippen LogP contribution in [0.5, 0.6) is 11.5 Å². The Labute approximate surface area is 166 Å². The lowest BCUT2D eigenvalue weighted by molar-refractivity contribution is 0.102. The maximum Gasteiger partial charge on any atom is 0.261 e. The van der Waals surface area contributed by atoms with Gasteiger partial charge in [-0.2, -0.15) is 0 Å². The number of sulfonamides is 1. The van der Waals surface area contributed by atoms with Crippen molar-refractivity contribution in [1.82, 2.24) is 0 Å². The molecule has 9 heteroatoms. The van der Waals surface area contributed by atoms with Gasteiger partial charge in [0.15, 0.2) is 11.5 Å². The van der Waals surface area contributed by atoms with Crippen LogP contribution in [0.25, 0.3) is 0 Å². The lowest BCUT2D eigenvalue weighted by Crippen LogP contribution is -2.14. The summed E-state index contributed by atoms with van der Waals surface area (Å²) < 4.78 is 50.5. The monoisotopic (exact) mass is 414 g/mol. The first kappa shape index (κ1) is 18.8. The molecule has 0 spiro atoms. The SMILES string of the molecule is O=C(Nc1ccc2c(c1)OCO2)c1ccc(NS(=O)(=O)c2ccc(F)cc2)cc1. The molecule has 3 aromatic carbocycles. The van der Waals surface area contributed by atoms with E-state index in [2.05, 4.69) is 10.0 Å². The summed E-state index contributed by atoms with van der Waals surface area (Å²) in [5.74, 6) is 0.271. The van der Waals surface area contributed by atoms with E-state index >= 15 is 0 Å². The predicted molar refractivity (Wildman–Crippen MR) is 104 cm³/mol. The van der Waals surface area contributed by atoms with Crippen molar-refractivity contribution in [1.29, 1.82) is 0 Å². The number of fused-ring (bicyclic) bond motifs is 1. The van der Waals surface area contributed by atoms with Crippen LogP contribution in [0.1, 0.15) is 10.4 Å². The lowest BCUT2D eigenvalue weighted by atomic mass is 10.2. The number of carbonyl (C=O) groups is 1. The van der Waals surface area contributed by atoms with Gasteiger partial charge in [0.1, 0.15) is 5.82 Å². The molecule has 1 aliphatic rings. The van der Waals surface area contributed by atoms with Crippen molar-refractivity contribution in [3.63, 3.8) is 0 Å². The number of hydrogen-bond acceptors (Lipinski definition) is 5. The molecule has 0 aromatic heterocycles. The highest BCUT2D eigenvalue weighted by Gasteiger charge is 2.16. The minimum absolute atomic E-state index is 0.0662. The zero-order valence-corrected chi connectivity index (χ0v) is 15.7. The largest absolute Gasteiger partial charge is 0.454 e. The van der Waals surface area contributed by atoms with Crippen molar-refractivity contribution in [2.24, 2.45) is 0 Å². The second-order valence-corrected chi connectivity index (χ2v) is 7.84. The number of carbonyl (C=O) groups excluding carboxylic acids is 1. The Balaban J connectivity index is 1.44. The molecule has 3 aromatic rings. The first-order chi connectivity index (χ1) is 13.9. The summed E-state index contributed by atoms with van der Waals surface area (Å²) in [6, 6.07) is 15.4. The van der Waals surface area contributed by atoms with Crippen LogP contribution in [0, 0.1) is 5.82 Å². The Kier molecular flexibility index (Phi) is 4.81. The van der Waals surface area contributed by atoms with Crippen molar-refractivity contribution in [2.45, 2.75) is 4.90 Å². The fourth-order valence-corrected chi connectivity index (χ4v) is 3.75. The van der Waals surface area contributed by atoms with Gasteiger partial charge in [0.2, 0.25) is 6.79 Å². The Hall–Kier alpha value is -3.59. The lowest BCUT2D eigenvalue weighted by Gasteiger charge is -2.09. The van der Waals surface area contributed by atoms with E-state index in [1.54, 1.807) is 18.2 Å². The van der Waals surface area contributed by atoms with E-state index < -0.39 is 15.8 Å². The third kappa shape index (κ3) is 4.14. The molecule has 0 atom stereocenters. The molecule has 7 nitrogen and oxygen atoms in total. The smallest absolute Gasteiger partial charge is 0.261 e. The minimum atomic E-state index is -3.86. The fourth-order valence-electron chi connectivity index (χ4n) is 2.70. The number of amides is 1. The van der Waals surface area contributed by atoms with Crippen molar-refractivity contribution in [3.8, 4) is 11.5 Å². The number of halogens is 1. The molecule has 0 saturated heterocycles. The van der Waals surface area contributed by atoms with Gasteiger partial charge in [-0.15, -0.1) is 0 Å². The number of ether oxygens (including phenoxy) is 2. The van der Waals surface area contributed by atoms with Gasteiger partial charge in [-0.1, -0.05) is 0 Å². The summed E-state index contributed by atoms with van der Waals surface area (Å²) in [6.45, 7) is 0.141. The van der Waals surface area contributed by atoms with Gasteiger partial charge >= 0.3 is 0 Å². The summed E-state index contributed by atoms with van der Waals surface area (Å²) in [5.41, 5.74) is 1.15. The standard InChI is InChI=1S/C20H15FN2O5S/c21-14-3-8-17(9-4-14)29(25,26)23-15-5-1-13(2-6-15)20(24)22-16-7-10-18-19(11-16)28-12-27-18/h1-11,23H,12H2,(H,22,24). The Morgan fingerprint density at radius 1 is 0.862 bits per heavy atom. The molecule has 0 unspecified atom stereocenters. The van der Waals surface area contributed by atoms with Crippen molar-refractivity contribution in [2.75, 3.05) is 16.8 Å². The van der Waals surface area contributed by atoms with Gasteiger partial charge < -0.3 is 14.8 Å². The van der Waals surface area contributed by atoms with Crippen LogP contribution >= 0.6 is 0 Å². The minimum Gasteiger partial charge on any atom is -0.454 e. The highest BCUT2D eigenvalue weighted by molar-refractivity contribution is 7.92. The molecular weight excluding hydrogens is 399 g/mol. The molecule has 0 radical (unpaired) electrons. The summed E-state index contributed by atoms with van der Waals surface area (Å²) >= 11 is 0. The zero-order chi connectivity index (χ0) is 20.4. The number of nitrogens with one attached hydrogen (secondary N) is 2. The second kappa shape index (κ2) is 7.44. The van der Waals surface area contributed by atoms with Gasteiger partial charge in [0.05, 0.1) is 4.90 Å². The molecular formula is C20H15FN2O5S. The van der Waals surface area contributed by atoms with Crippen molar-refractivity contribution in [3.05, 3.63) is 78.1 Å². The molecule has 0 saturated carbocycles.